The Labute approximate surface area is 198 Å². The summed E-state index contributed by atoms with van der Waals surface area (Å²) in [6.45, 7) is 5.95. The quantitative estimate of drug-likeness (QED) is 0.565. The Bertz CT molecular complexity index is 1210. The molecule has 3 aromatic rings. The molecule has 0 bridgehead atoms. The first-order valence-corrected chi connectivity index (χ1v) is 13.7. The fraction of sp³-hybridized carbons (Fsp3) is 0.417. The van der Waals surface area contributed by atoms with Gasteiger partial charge in [0.2, 0.25) is 10.0 Å². The second-order valence-corrected chi connectivity index (χ2v) is 11.8. The fourth-order valence-corrected chi connectivity index (χ4v) is 6.91. The zero-order valence-electron chi connectivity index (χ0n) is 18.7. The highest BCUT2D eigenvalue weighted by molar-refractivity contribution is 7.89. The predicted octanol–water partition coefficient (Wildman–Crippen LogP) is 3.68. The van der Waals surface area contributed by atoms with E-state index in [1.165, 1.54) is 4.70 Å². The number of piperazine rings is 1. The number of thiazole rings is 1. The topological polar surface area (TPSA) is 73.8 Å². The van der Waals surface area contributed by atoms with Gasteiger partial charge < -0.3 is 9.80 Å². The molecule has 2 fully saturated rings. The van der Waals surface area contributed by atoms with E-state index in [9.17, 15) is 13.2 Å². The number of rotatable bonds is 4. The molecule has 2 saturated heterocycles. The Morgan fingerprint density at radius 3 is 2.27 bits per heavy atom. The normalized spacial score (nSPS) is 18.7. The van der Waals surface area contributed by atoms with Gasteiger partial charge in [0.15, 0.2) is 5.13 Å². The average Bonchev–Trinajstić information content (AvgIpc) is 3.28. The number of nitrogens with zero attached hydrogens (tertiary/aromatic N) is 4. The molecular weight excluding hydrogens is 456 g/mol. The number of aromatic nitrogens is 1. The van der Waals surface area contributed by atoms with Gasteiger partial charge >= 0.3 is 0 Å². The maximum absolute atomic E-state index is 13.0. The first kappa shape index (κ1) is 22.3. The van der Waals surface area contributed by atoms with Crippen LogP contribution in [-0.4, -0.2) is 67.8 Å². The molecule has 1 aromatic heterocycles. The summed E-state index contributed by atoms with van der Waals surface area (Å²) in [7, 11) is -3.51. The maximum atomic E-state index is 13.0. The molecule has 1 amide bonds. The van der Waals surface area contributed by atoms with E-state index in [0.717, 1.165) is 36.6 Å². The lowest BCUT2D eigenvalue weighted by Gasteiger charge is -2.34. The van der Waals surface area contributed by atoms with E-state index in [-0.39, 0.29) is 10.8 Å². The molecule has 0 radical (unpaired) electrons. The van der Waals surface area contributed by atoms with Crippen molar-refractivity contribution in [3.8, 4) is 0 Å². The summed E-state index contributed by atoms with van der Waals surface area (Å²) < 4.78 is 28.6. The van der Waals surface area contributed by atoms with Gasteiger partial charge in [-0.25, -0.2) is 13.4 Å². The molecule has 2 aliphatic heterocycles. The number of carbonyl (C=O) groups excluding carboxylic acids is 1. The first-order chi connectivity index (χ1) is 15.9. The molecule has 2 aliphatic rings. The Balaban J connectivity index is 1.22. The number of fused-ring (bicyclic) bond motifs is 1. The number of amides is 1. The second kappa shape index (κ2) is 9.04. The molecule has 0 atom stereocenters. The van der Waals surface area contributed by atoms with Crippen molar-refractivity contribution in [2.75, 3.05) is 44.2 Å². The maximum Gasteiger partial charge on any atom is 0.253 e. The average molecular weight is 485 g/mol. The summed E-state index contributed by atoms with van der Waals surface area (Å²) in [6.07, 6.45) is 1.78. The van der Waals surface area contributed by atoms with Gasteiger partial charge in [0.25, 0.3) is 5.91 Å². The number of carbonyl (C=O) groups is 1. The molecule has 7 nitrogen and oxygen atoms in total. The van der Waals surface area contributed by atoms with Crippen molar-refractivity contribution in [3.05, 3.63) is 54.1 Å². The summed E-state index contributed by atoms with van der Waals surface area (Å²) in [5.41, 5.74) is 1.53. The molecule has 174 valence electrons. The molecule has 0 N–H and O–H groups in total. The summed E-state index contributed by atoms with van der Waals surface area (Å²) in [5, 5.41) is 0.991. The fourth-order valence-electron chi connectivity index (χ4n) is 4.42. The molecule has 2 aromatic carbocycles. The number of para-hydroxylation sites is 1. The van der Waals surface area contributed by atoms with Crippen LogP contribution in [0, 0.1) is 5.92 Å². The highest BCUT2D eigenvalue weighted by atomic mass is 32.2. The SMILES string of the molecule is CC1CCN(S(=O)(=O)c2ccc(C(=O)N3CCN(c4nc5ccccc5s4)CC3)cc2)CC1. The minimum Gasteiger partial charge on any atom is -0.345 e. The van der Waals surface area contributed by atoms with E-state index < -0.39 is 10.0 Å². The Morgan fingerprint density at radius 2 is 1.61 bits per heavy atom. The van der Waals surface area contributed by atoms with Gasteiger partial charge in [0.05, 0.1) is 15.1 Å². The third-order valence-electron chi connectivity index (χ3n) is 6.60. The Kier molecular flexibility index (Phi) is 6.11. The zero-order valence-corrected chi connectivity index (χ0v) is 20.3. The molecule has 0 unspecified atom stereocenters. The van der Waals surface area contributed by atoms with Crippen LogP contribution in [0.1, 0.15) is 30.1 Å². The lowest BCUT2D eigenvalue weighted by atomic mass is 10.0. The predicted molar refractivity (Wildman–Crippen MR) is 131 cm³/mol. The third-order valence-corrected chi connectivity index (χ3v) is 9.61. The molecule has 9 heteroatoms. The number of hydrogen-bond donors (Lipinski definition) is 0. The second-order valence-electron chi connectivity index (χ2n) is 8.85. The minimum atomic E-state index is -3.51. The number of piperidine rings is 1. The molecule has 0 aliphatic carbocycles. The van der Waals surface area contributed by atoms with Crippen LogP contribution in [0.3, 0.4) is 0 Å². The number of benzene rings is 2. The van der Waals surface area contributed by atoms with E-state index in [2.05, 4.69) is 17.9 Å². The zero-order chi connectivity index (χ0) is 23.0. The molecule has 0 spiro atoms. The van der Waals surface area contributed by atoms with Crippen molar-refractivity contribution in [2.45, 2.75) is 24.7 Å². The van der Waals surface area contributed by atoms with E-state index in [4.69, 9.17) is 4.98 Å². The van der Waals surface area contributed by atoms with Gasteiger partial charge in [-0.1, -0.05) is 30.4 Å². The highest BCUT2D eigenvalue weighted by Crippen LogP contribution is 2.29. The van der Waals surface area contributed by atoms with Gasteiger partial charge in [-0.15, -0.1) is 0 Å². The van der Waals surface area contributed by atoms with Crippen LogP contribution in [0.25, 0.3) is 10.2 Å². The van der Waals surface area contributed by atoms with Crippen molar-refractivity contribution in [1.82, 2.24) is 14.2 Å². The van der Waals surface area contributed by atoms with Crippen LogP contribution in [0.2, 0.25) is 0 Å². The first-order valence-electron chi connectivity index (χ1n) is 11.4. The number of sulfonamides is 1. The summed E-state index contributed by atoms with van der Waals surface area (Å²) in [5.74, 6) is 0.501. The van der Waals surface area contributed by atoms with Crippen molar-refractivity contribution < 1.29 is 13.2 Å². The lowest BCUT2D eigenvalue weighted by Crippen LogP contribution is -2.48. The van der Waals surface area contributed by atoms with Crippen molar-refractivity contribution in [2.24, 2.45) is 5.92 Å². The van der Waals surface area contributed by atoms with Gasteiger partial charge in [-0.2, -0.15) is 4.31 Å². The molecule has 0 saturated carbocycles. The van der Waals surface area contributed by atoms with Crippen LogP contribution < -0.4 is 4.90 Å². The molecule has 33 heavy (non-hydrogen) atoms. The van der Waals surface area contributed by atoms with Gasteiger partial charge in [-0.05, 0) is 55.2 Å². The van der Waals surface area contributed by atoms with Crippen molar-refractivity contribution >= 4 is 42.6 Å². The highest BCUT2D eigenvalue weighted by Gasteiger charge is 2.29. The van der Waals surface area contributed by atoms with Crippen LogP contribution in [0.4, 0.5) is 5.13 Å². The lowest BCUT2D eigenvalue weighted by molar-refractivity contribution is 0.0746. The van der Waals surface area contributed by atoms with Gasteiger partial charge in [-0.3, -0.25) is 4.79 Å². The summed E-state index contributed by atoms with van der Waals surface area (Å²) in [6, 6.07) is 14.5. The smallest absolute Gasteiger partial charge is 0.253 e. The third kappa shape index (κ3) is 4.49. The monoisotopic (exact) mass is 484 g/mol. The van der Waals surface area contributed by atoms with E-state index in [1.807, 2.05) is 23.1 Å². The van der Waals surface area contributed by atoms with Crippen LogP contribution in [0.5, 0.6) is 0 Å². The Hall–Kier alpha value is -2.49. The van der Waals surface area contributed by atoms with Crippen LogP contribution >= 0.6 is 11.3 Å². The van der Waals surface area contributed by atoms with Gasteiger partial charge in [0.1, 0.15) is 0 Å². The van der Waals surface area contributed by atoms with Crippen LogP contribution in [-0.2, 0) is 10.0 Å². The van der Waals surface area contributed by atoms with Crippen LogP contribution in [0.15, 0.2) is 53.4 Å². The summed E-state index contributed by atoms with van der Waals surface area (Å²) in [4.78, 5) is 22.1. The molecular formula is C24H28N4O3S2. The van der Waals surface area contributed by atoms with Crippen molar-refractivity contribution in [1.29, 1.82) is 0 Å². The standard InChI is InChI=1S/C24H28N4O3S2/c1-18-10-12-28(13-11-18)33(30,31)20-8-6-19(7-9-20)23(29)26-14-16-27(17-15-26)24-25-21-4-2-3-5-22(21)32-24/h2-9,18H,10-17H2,1H3. The number of hydrogen-bond acceptors (Lipinski definition) is 6. The minimum absolute atomic E-state index is 0.0605. The van der Waals surface area contributed by atoms with E-state index in [0.29, 0.717) is 37.7 Å². The van der Waals surface area contributed by atoms with Gasteiger partial charge in [0, 0.05) is 44.8 Å². The summed E-state index contributed by atoms with van der Waals surface area (Å²) >= 11 is 1.68. The van der Waals surface area contributed by atoms with E-state index >= 15 is 0 Å². The van der Waals surface area contributed by atoms with E-state index in [1.54, 1.807) is 39.9 Å². The largest absolute Gasteiger partial charge is 0.345 e. The molecule has 3 heterocycles. The molecule has 5 rings (SSSR count). The Morgan fingerprint density at radius 1 is 0.939 bits per heavy atom. The van der Waals surface area contributed by atoms with Crippen molar-refractivity contribution in [3.63, 3.8) is 0 Å². The number of anilines is 1.